The van der Waals surface area contributed by atoms with Crippen molar-refractivity contribution in [3.05, 3.63) is 66.1 Å². The van der Waals surface area contributed by atoms with Crippen LogP contribution in [0.3, 0.4) is 0 Å². The third-order valence-corrected chi connectivity index (χ3v) is 4.87. The first-order valence-electron chi connectivity index (χ1n) is 10.1. The third-order valence-electron chi connectivity index (χ3n) is 4.87. The largest absolute Gasteiger partial charge is 0.492 e. The van der Waals surface area contributed by atoms with Crippen LogP contribution in [0.2, 0.25) is 0 Å². The molecular weight excluding hydrogens is 408 g/mol. The zero-order chi connectivity index (χ0) is 22.7. The first-order chi connectivity index (χ1) is 15.4. The van der Waals surface area contributed by atoms with Crippen molar-refractivity contribution in [1.29, 1.82) is 0 Å². The number of anilines is 2. The van der Waals surface area contributed by atoms with Gasteiger partial charge in [-0.25, -0.2) is 19.7 Å². The number of benzene rings is 1. The van der Waals surface area contributed by atoms with Crippen LogP contribution in [0.15, 0.2) is 54.9 Å². The molecule has 0 bridgehead atoms. The Morgan fingerprint density at radius 2 is 1.94 bits per heavy atom. The Bertz CT molecular complexity index is 1250. The Labute approximate surface area is 185 Å². The van der Waals surface area contributed by atoms with E-state index in [1.165, 1.54) is 12.1 Å². The molecule has 0 amide bonds. The highest BCUT2D eigenvalue weighted by molar-refractivity contribution is 5.88. The number of carboxylic acid groups (broad SMARTS) is 1. The second-order valence-corrected chi connectivity index (χ2v) is 7.56. The Morgan fingerprint density at radius 3 is 2.66 bits per heavy atom. The summed E-state index contributed by atoms with van der Waals surface area (Å²) in [6, 6.07) is 12.1. The molecule has 0 aliphatic carbocycles. The van der Waals surface area contributed by atoms with Gasteiger partial charge in [0.1, 0.15) is 18.0 Å². The first kappa shape index (κ1) is 21.3. The van der Waals surface area contributed by atoms with E-state index in [2.05, 4.69) is 25.2 Å². The number of imidazole rings is 1. The topological polar surface area (TPSA) is 105 Å². The van der Waals surface area contributed by atoms with Crippen molar-refractivity contribution in [1.82, 2.24) is 24.3 Å². The van der Waals surface area contributed by atoms with E-state index in [-0.39, 0.29) is 5.56 Å². The summed E-state index contributed by atoms with van der Waals surface area (Å²) in [5.74, 6) is 0.207. The number of carboxylic acids is 1. The van der Waals surface area contributed by atoms with Crippen LogP contribution in [0, 0.1) is 6.92 Å². The molecule has 0 spiro atoms. The lowest BCUT2D eigenvalue weighted by molar-refractivity contribution is 0.0697. The number of nitrogens with one attached hydrogen (secondary N) is 1. The van der Waals surface area contributed by atoms with Gasteiger partial charge in [0, 0.05) is 30.7 Å². The second-order valence-electron chi connectivity index (χ2n) is 7.56. The SMILES string of the molecule is Cc1nc2cc(OCCN(C)C)ccn2c1-c1ccnc(Nc2ccc(C(=O)O)cc2)n1. The molecule has 1 aromatic carbocycles. The maximum Gasteiger partial charge on any atom is 0.335 e. The zero-order valence-electron chi connectivity index (χ0n) is 18.1. The molecule has 2 N–H and O–H groups in total. The molecule has 4 rings (SSSR count). The molecule has 0 aliphatic heterocycles. The minimum Gasteiger partial charge on any atom is -0.492 e. The normalized spacial score (nSPS) is 11.1. The fourth-order valence-corrected chi connectivity index (χ4v) is 3.26. The van der Waals surface area contributed by atoms with E-state index in [1.807, 2.05) is 49.8 Å². The standard InChI is InChI=1S/C23H24N6O3/c1-15-21(29-11-9-18(14-20(29)25-15)32-13-12-28(2)3)19-8-10-24-23(27-19)26-17-6-4-16(5-7-17)22(30)31/h4-11,14H,12-13H2,1-3H3,(H,30,31)(H,24,26,27). The molecule has 9 nitrogen and oxygen atoms in total. The summed E-state index contributed by atoms with van der Waals surface area (Å²) < 4.78 is 7.80. The van der Waals surface area contributed by atoms with Crippen LogP contribution in [-0.4, -0.2) is 62.6 Å². The average Bonchev–Trinajstić information content (AvgIpc) is 3.09. The van der Waals surface area contributed by atoms with Crippen LogP contribution in [0.5, 0.6) is 5.75 Å². The smallest absolute Gasteiger partial charge is 0.335 e. The number of carbonyl (C=O) groups is 1. The van der Waals surface area contributed by atoms with E-state index in [9.17, 15) is 4.79 Å². The highest BCUT2D eigenvalue weighted by Crippen LogP contribution is 2.26. The molecule has 0 unspecified atom stereocenters. The lowest BCUT2D eigenvalue weighted by Gasteiger charge is -2.11. The second kappa shape index (κ2) is 9.03. The van der Waals surface area contributed by atoms with Crippen LogP contribution >= 0.6 is 0 Å². The van der Waals surface area contributed by atoms with Gasteiger partial charge >= 0.3 is 5.97 Å². The number of hydrogen-bond donors (Lipinski definition) is 2. The fourth-order valence-electron chi connectivity index (χ4n) is 3.26. The number of aromatic nitrogens is 4. The quantitative estimate of drug-likeness (QED) is 0.436. The molecule has 9 heteroatoms. The number of aryl methyl sites for hydroxylation is 1. The monoisotopic (exact) mass is 432 g/mol. The predicted octanol–water partition coefficient (Wildman–Crippen LogP) is 3.48. The fraction of sp³-hybridized carbons (Fsp3) is 0.217. The summed E-state index contributed by atoms with van der Waals surface area (Å²) in [5.41, 5.74) is 4.11. The number of nitrogens with zero attached hydrogens (tertiary/aromatic N) is 5. The zero-order valence-corrected chi connectivity index (χ0v) is 18.1. The van der Waals surface area contributed by atoms with Crippen molar-refractivity contribution in [2.75, 3.05) is 32.6 Å². The number of likely N-dealkylation sites (N-methyl/N-ethyl adjacent to an activating group) is 1. The maximum atomic E-state index is 11.0. The van der Waals surface area contributed by atoms with E-state index in [1.54, 1.807) is 18.3 Å². The van der Waals surface area contributed by atoms with E-state index < -0.39 is 5.97 Å². The van der Waals surface area contributed by atoms with E-state index in [4.69, 9.17) is 9.84 Å². The summed E-state index contributed by atoms with van der Waals surface area (Å²) in [7, 11) is 4.01. The van der Waals surface area contributed by atoms with Gasteiger partial charge in [-0.05, 0) is 57.4 Å². The Hall–Kier alpha value is -3.98. The molecule has 32 heavy (non-hydrogen) atoms. The molecule has 0 aliphatic rings. The summed E-state index contributed by atoms with van der Waals surface area (Å²) in [6.45, 7) is 3.37. The average molecular weight is 432 g/mol. The number of rotatable bonds is 8. The van der Waals surface area contributed by atoms with Crippen LogP contribution < -0.4 is 10.1 Å². The van der Waals surface area contributed by atoms with Gasteiger partial charge in [0.05, 0.1) is 22.6 Å². The molecule has 164 valence electrons. The number of hydrogen-bond acceptors (Lipinski definition) is 7. The summed E-state index contributed by atoms with van der Waals surface area (Å²) in [5, 5.41) is 12.2. The Balaban J connectivity index is 1.58. The van der Waals surface area contributed by atoms with E-state index in [0.717, 1.165) is 35.0 Å². The van der Waals surface area contributed by atoms with Crippen LogP contribution in [0.25, 0.3) is 17.0 Å². The van der Waals surface area contributed by atoms with Gasteiger partial charge in [-0.2, -0.15) is 0 Å². The van der Waals surface area contributed by atoms with Crippen molar-refractivity contribution in [2.45, 2.75) is 6.92 Å². The van der Waals surface area contributed by atoms with Crippen LogP contribution in [0.1, 0.15) is 16.1 Å². The number of ether oxygens (including phenoxy) is 1. The van der Waals surface area contributed by atoms with E-state index in [0.29, 0.717) is 18.2 Å². The molecule has 0 radical (unpaired) electrons. The number of aromatic carboxylic acids is 1. The molecule has 0 fully saturated rings. The molecule has 0 saturated carbocycles. The van der Waals surface area contributed by atoms with Crippen molar-refractivity contribution in [3.63, 3.8) is 0 Å². The maximum absolute atomic E-state index is 11.0. The lowest BCUT2D eigenvalue weighted by Crippen LogP contribution is -2.19. The van der Waals surface area contributed by atoms with Gasteiger partial charge in [-0.1, -0.05) is 0 Å². The van der Waals surface area contributed by atoms with Crippen molar-refractivity contribution >= 4 is 23.3 Å². The van der Waals surface area contributed by atoms with Crippen molar-refractivity contribution in [2.24, 2.45) is 0 Å². The molecular formula is C23H24N6O3. The summed E-state index contributed by atoms with van der Waals surface area (Å²) in [4.78, 5) is 26.7. The minimum atomic E-state index is -0.968. The highest BCUT2D eigenvalue weighted by atomic mass is 16.5. The summed E-state index contributed by atoms with van der Waals surface area (Å²) in [6.07, 6.45) is 3.60. The van der Waals surface area contributed by atoms with E-state index >= 15 is 0 Å². The van der Waals surface area contributed by atoms with Crippen LogP contribution in [0.4, 0.5) is 11.6 Å². The van der Waals surface area contributed by atoms with Gasteiger partial charge in [0.25, 0.3) is 0 Å². The van der Waals surface area contributed by atoms with Gasteiger partial charge in [-0.15, -0.1) is 0 Å². The highest BCUT2D eigenvalue weighted by Gasteiger charge is 2.14. The van der Waals surface area contributed by atoms with Crippen molar-refractivity contribution < 1.29 is 14.6 Å². The number of fused-ring (bicyclic) bond motifs is 1. The predicted molar refractivity (Wildman–Crippen MR) is 122 cm³/mol. The Morgan fingerprint density at radius 1 is 1.16 bits per heavy atom. The molecule has 0 saturated heterocycles. The Kier molecular flexibility index (Phi) is 6.00. The third kappa shape index (κ3) is 4.68. The molecule has 3 aromatic heterocycles. The molecule has 3 heterocycles. The van der Waals surface area contributed by atoms with Gasteiger partial charge < -0.3 is 20.1 Å². The van der Waals surface area contributed by atoms with Crippen molar-refractivity contribution in [3.8, 4) is 17.1 Å². The van der Waals surface area contributed by atoms with Gasteiger partial charge in [0.15, 0.2) is 0 Å². The first-order valence-corrected chi connectivity index (χ1v) is 10.1. The molecule has 4 aromatic rings. The van der Waals surface area contributed by atoms with Crippen LogP contribution in [-0.2, 0) is 0 Å². The number of pyridine rings is 1. The lowest BCUT2D eigenvalue weighted by atomic mass is 10.2. The minimum absolute atomic E-state index is 0.219. The molecule has 0 atom stereocenters. The summed E-state index contributed by atoms with van der Waals surface area (Å²) >= 11 is 0. The van der Waals surface area contributed by atoms with Gasteiger partial charge in [-0.3, -0.25) is 4.40 Å². The van der Waals surface area contributed by atoms with Gasteiger partial charge in [0.2, 0.25) is 5.95 Å².